The number of ether oxygens (including phenoxy) is 1. The summed E-state index contributed by atoms with van der Waals surface area (Å²) in [6.07, 6.45) is 1.50. The highest BCUT2D eigenvalue weighted by molar-refractivity contribution is 7.20. The minimum absolute atomic E-state index is 0.0474. The van der Waals surface area contributed by atoms with Crippen molar-refractivity contribution in [1.29, 1.82) is 0 Å². The maximum atomic E-state index is 12.3. The average Bonchev–Trinajstić information content (AvgIpc) is 2.87. The molecule has 0 aromatic carbocycles. The Kier molecular flexibility index (Phi) is 5.90. The van der Waals surface area contributed by atoms with E-state index in [-0.39, 0.29) is 12.6 Å². The van der Waals surface area contributed by atoms with Crippen LogP contribution in [0, 0.1) is 12.8 Å². The first-order chi connectivity index (χ1) is 11.0. The van der Waals surface area contributed by atoms with Gasteiger partial charge in [0.15, 0.2) is 0 Å². The van der Waals surface area contributed by atoms with Crippen LogP contribution < -0.4 is 4.90 Å². The molecule has 0 aliphatic carbocycles. The molecule has 126 valence electrons. The summed E-state index contributed by atoms with van der Waals surface area (Å²) >= 11 is 1.33. The lowest BCUT2D eigenvalue weighted by Gasteiger charge is -2.21. The van der Waals surface area contributed by atoms with Gasteiger partial charge in [-0.05, 0) is 25.3 Å². The number of carbonyl (C=O) groups excluding carboxylic acids is 1. The van der Waals surface area contributed by atoms with E-state index in [1.165, 1.54) is 17.7 Å². The number of anilines is 1. The van der Waals surface area contributed by atoms with Crippen molar-refractivity contribution < 1.29 is 14.6 Å². The fourth-order valence-corrected chi connectivity index (χ4v) is 3.37. The van der Waals surface area contributed by atoms with Gasteiger partial charge < -0.3 is 14.7 Å². The van der Waals surface area contributed by atoms with Crippen LogP contribution in [-0.4, -0.2) is 47.3 Å². The first kappa shape index (κ1) is 17.6. The number of hydrogen-bond donors (Lipinski definition) is 1. The summed E-state index contributed by atoms with van der Waals surface area (Å²) in [5, 5.41) is 10.1. The first-order valence-electron chi connectivity index (χ1n) is 7.76. The van der Waals surface area contributed by atoms with E-state index in [1.54, 1.807) is 0 Å². The molecule has 0 spiro atoms. The summed E-state index contributed by atoms with van der Waals surface area (Å²) in [7, 11) is 0. The molecule has 0 atom stereocenters. The molecule has 2 rings (SSSR count). The second-order valence-corrected chi connectivity index (χ2v) is 6.73. The fourth-order valence-electron chi connectivity index (χ4n) is 2.33. The number of aromatic nitrogens is 2. The molecule has 0 amide bonds. The molecule has 6 nitrogen and oxygen atoms in total. The van der Waals surface area contributed by atoms with Crippen molar-refractivity contribution in [2.45, 2.75) is 27.7 Å². The molecule has 0 saturated heterocycles. The second kappa shape index (κ2) is 7.70. The SMILES string of the molecule is CCN(CCO)c1ncnc2sc(C(=O)OCC(C)C)c(C)c12. The maximum Gasteiger partial charge on any atom is 0.348 e. The van der Waals surface area contributed by atoms with Gasteiger partial charge in [-0.1, -0.05) is 13.8 Å². The minimum atomic E-state index is -0.310. The number of esters is 1. The van der Waals surface area contributed by atoms with Crippen molar-refractivity contribution in [1.82, 2.24) is 9.97 Å². The summed E-state index contributed by atoms with van der Waals surface area (Å²) in [6.45, 7) is 9.56. The number of fused-ring (bicyclic) bond motifs is 1. The molecule has 0 aliphatic heterocycles. The van der Waals surface area contributed by atoms with E-state index in [0.717, 1.165) is 28.1 Å². The number of hydrogen-bond acceptors (Lipinski definition) is 7. The van der Waals surface area contributed by atoms with Gasteiger partial charge in [0.1, 0.15) is 21.9 Å². The van der Waals surface area contributed by atoms with Gasteiger partial charge in [0.05, 0.1) is 18.6 Å². The third-order valence-electron chi connectivity index (χ3n) is 3.49. The zero-order chi connectivity index (χ0) is 17.0. The van der Waals surface area contributed by atoms with Crippen molar-refractivity contribution in [3.05, 3.63) is 16.8 Å². The van der Waals surface area contributed by atoms with Gasteiger partial charge in [0.2, 0.25) is 0 Å². The Hall–Kier alpha value is -1.73. The quantitative estimate of drug-likeness (QED) is 0.783. The second-order valence-electron chi connectivity index (χ2n) is 5.73. The van der Waals surface area contributed by atoms with Crippen LogP contribution in [0.15, 0.2) is 6.33 Å². The molecule has 0 saturated carbocycles. The van der Waals surface area contributed by atoms with Gasteiger partial charge in [-0.15, -0.1) is 11.3 Å². The van der Waals surface area contributed by atoms with Crippen molar-refractivity contribution in [3.63, 3.8) is 0 Å². The van der Waals surface area contributed by atoms with Crippen LogP contribution in [0.25, 0.3) is 10.2 Å². The Morgan fingerprint density at radius 3 is 2.78 bits per heavy atom. The molecule has 0 bridgehead atoms. The topological polar surface area (TPSA) is 75.5 Å². The van der Waals surface area contributed by atoms with Crippen LogP contribution in [0.1, 0.15) is 36.0 Å². The summed E-state index contributed by atoms with van der Waals surface area (Å²) in [5.74, 6) is 0.739. The lowest BCUT2D eigenvalue weighted by atomic mass is 10.2. The molecule has 0 radical (unpaired) electrons. The predicted molar refractivity (Wildman–Crippen MR) is 92.2 cm³/mol. The summed E-state index contributed by atoms with van der Waals surface area (Å²) in [4.78, 5) is 24.3. The van der Waals surface area contributed by atoms with E-state index in [2.05, 4.69) is 9.97 Å². The van der Waals surface area contributed by atoms with Gasteiger partial charge in [-0.2, -0.15) is 0 Å². The molecule has 2 heterocycles. The highest BCUT2D eigenvalue weighted by Gasteiger charge is 2.22. The summed E-state index contributed by atoms with van der Waals surface area (Å²) in [5.41, 5.74) is 0.839. The highest BCUT2D eigenvalue weighted by Crippen LogP contribution is 2.35. The maximum absolute atomic E-state index is 12.3. The van der Waals surface area contributed by atoms with Crippen molar-refractivity contribution in [2.75, 3.05) is 31.2 Å². The Morgan fingerprint density at radius 2 is 2.17 bits per heavy atom. The number of aliphatic hydroxyl groups is 1. The lowest BCUT2D eigenvalue weighted by molar-refractivity contribution is 0.0464. The number of carbonyl (C=O) groups is 1. The van der Waals surface area contributed by atoms with E-state index >= 15 is 0 Å². The van der Waals surface area contributed by atoms with Gasteiger partial charge in [-0.25, -0.2) is 14.8 Å². The molecular formula is C16H23N3O3S. The lowest BCUT2D eigenvalue weighted by Crippen LogP contribution is -2.27. The average molecular weight is 337 g/mol. The molecular weight excluding hydrogens is 314 g/mol. The van der Waals surface area contributed by atoms with E-state index in [1.807, 2.05) is 32.6 Å². The normalized spacial score (nSPS) is 11.2. The van der Waals surface area contributed by atoms with Gasteiger partial charge in [-0.3, -0.25) is 0 Å². The van der Waals surface area contributed by atoms with E-state index < -0.39 is 0 Å². The number of aliphatic hydroxyl groups excluding tert-OH is 1. The molecule has 0 unspecified atom stereocenters. The Labute approximate surface area is 140 Å². The largest absolute Gasteiger partial charge is 0.461 e. The van der Waals surface area contributed by atoms with Crippen LogP contribution in [0.2, 0.25) is 0 Å². The third-order valence-corrected chi connectivity index (χ3v) is 4.67. The number of likely N-dealkylation sites (N-methyl/N-ethyl adjacent to an activating group) is 1. The zero-order valence-electron chi connectivity index (χ0n) is 14.0. The first-order valence-corrected chi connectivity index (χ1v) is 8.58. The fraction of sp³-hybridized carbons (Fsp3) is 0.562. The van der Waals surface area contributed by atoms with E-state index in [9.17, 15) is 9.90 Å². The Balaban J connectivity index is 2.43. The predicted octanol–water partition coefficient (Wildman–Crippen LogP) is 2.63. The molecule has 23 heavy (non-hydrogen) atoms. The van der Waals surface area contributed by atoms with Crippen molar-refractivity contribution in [2.24, 2.45) is 5.92 Å². The molecule has 2 aromatic rings. The van der Waals surface area contributed by atoms with Crippen LogP contribution >= 0.6 is 11.3 Å². The summed E-state index contributed by atoms with van der Waals surface area (Å²) < 4.78 is 5.34. The molecule has 1 N–H and O–H groups in total. The van der Waals surface area contributed by atoms with Crippen molar-refractivity contribution >= 4 is 33.3 Å². The Bertz CT molecular complexity index is 685. The number of thiophene rings is 1. The number of nitrogens with zero attached hydrogens (tertiary/aromatic N) is 3. The number of aryl methyl sites for hydroxylation is 1. The molecule has 7 heteroatoms. The smallest absolute Gasteiger partial charge is 0.348 e. The zero-order valence-corrected chi connectivity index (χ0v) is 14.8. The number of rotatable bonds is 7. The Morgan fingerprint density at radius 1 is 1.43 bits per heavy atom. The van der Waals surface area contributed by atoms with Crippen LogP contribution in [0.4, 0.5) is 5.82 Å². The van der Waals surface area contributed by atoms with Crippen LogP contribution in [0.3, 0.4) is 0 Å². The van der Waals surface area contributed by atoms with Gasteiger partial charge in [0, 0.05) is 13.1 Å². The third kappa shape index (κ3) is 3.79. The minimum Gasteiger partial charge on any atom is -0.461 e. The van der Waals surface area contributed by atoms with E-state index in [0.29, 0.717) is 23.9 Å². The van der Waals surface area contributed by atoms with E-state index in [4.69, 9.17) is 4.74 Å². The van der Waals surface area contributed by atoms with Gasteiger partial charge >= 0.3 is 5.97 Å². The van der Waals surface area contributed by atoms with Crippen LogP contribution in [0.5, 0.6) is 0 Å². The van der Waals surface area contributed by atoms with Crippen molar-refractivity contribution in [3.8, 4) is 0 Å². The molecule has 0 fully saturated rings. The monoisotopic (exact) mass is 337 g/mol. The van der Waals surface area contributed by atoms with Gasteiger partial charge in [0.25, 0.3) is 0 Å². The highest BCUT2D eigenvalue weighted by atomic mass is 32.1. The molecule has 2 aromatic heterocycles. The standard InChI is InChI=1S/C16H23N3O3S/c1-5-19(6-7-20)14-12-11(4)13(16(21)22-8-10(2)3)23-15(12)18-9-17-14/h9-10,20H,5-8H2,1-4H3. The van der Waals surface area contributed by atoms with Crippen LogP contribution in [-0.2, 0) is 4.74 Å². The summed E-state index contributed by atoms with van der Waals surface area (Å²) in [6, 6.07) is 0. The molecule has 0 aliphatic rings.